The van der Waals surface area contributed by atoms with Crippen LogP contribution < -0.4 is 20.1 Å². The van der Waals surface area contributed by atoms with Crippen LogP contribution in [0.1, 0.15) is 39.8 Å². The number of nitrogens with one attached hydrogen (secondary N) is 2. The molecule has 0 aliphatic rings. The summed E-state index contributed by atoms with van der Waals surface area (Å²) in [5.41, 5.74) is 5.44. The van der Waals surface area contributed by atoms with E-state index < -0.39 is 0 Å². The molecule has 0 saturated carbocycles. The number of aromatic nitrogens is 2. The van der Waals surface area contributed by atoms with Gasteiger partial charge < -0.3 is 14.8 Å². The standard InChI is InChI=1S/C25H31N5O3/c1-7-30-18(4)21(17(3)29-30)15-26-25(27-20-11-8-16(2)9-12-20)28-24(31)19-10-13-22(32-5)23(14-19)33-6/h8-14H,7,15H2,1-6H3,(H2,26,27,28,31). The SMILES string of the molecule is CCn1nc(C)c(CN=C(NC(=O)c2ccc(OC)c(OC)c2)Nc2ccc(C)cc2)c1C. The highest BCUT2D eigenvalue weighted by molar-refractivity contribution is 6.10. The van der Waals surface area contributed by atoms with Gasteiger partial charge in [-0.25, -0.2) is 4.99 Å². The predicted octanol–water partition coefficient (Wildman–Crippen LogP) is 4.24. The third kappa shape index (κ3) is 5.71. The first-order chi connectivity index (χ1) is 15.9. The number of aryl methyl sites for hydroxylation is 3. The number of carbonyl (C=O) groups excluding carboxylic acids is 1. The van der Waals surface area contributed by atoms with Crippen molar-refractivity contribution < 1.29 is 14.3 Å². The molecule has 0 unspecified atom stereocenters. The highest BCUT2D eigenvalue weighted by atomic mass is 16.5. The van der Waals surface area contributed by atoms with E-state index in [0.29, 0.717) is 29.6 Å². The van der Waals surface area contributed by atoms with Crippen LogP contribution in [0.5, 0.6) is 11.5 Å². The maximum Gasteiger partial charge on any atom is 0.258 e. The molecule has 0 aliphatic heterocycles. The highest BCUT2D eigenvalue weighted by Crippen LogP contribution is 2.27. The number of nitrogens with zero attached hydrogens (tertiary/aromatic N) is 3. The number of guanidine groups is 1. The second kappa shape index (κ2) is 10.7. The van der Waals surface area contributed by atoms with E-state index in [1.54, 1.807) is 25.3 Å². The van der Waals surface area contributed by atoms with Gasteiger partial charge in [-0.2, -0.15) is 5.10 Å². The maximum absolute atomic E-state index is 13.0. The van der Waals surface area contributed by atoms with E-state index in [0.717, 1.165) is 34.7 Å². The van der Waals surface area contributed by atoms with Gasteiger partial charge in [0.15, 0.2) is 11.5 Å². The van der Waals surface area contributed by atoms with Crippen LogP contribution in [-0.4, -0.2) is 35.9 Å². The van der Waals surface area contributed by atoms with E-state index in [1.807, 2.05) is 49.7 Å². The van der Waals surface area contributed by atoms with Gasteiger partial charge in [0.1, 0.15) is 0 Å². The summed E-state index contributed by atoms with van der Waals surface area (Å²) >= 11 is 0. The summed E-state index contributed by atoms with van der Waals surface area (Å²) in [4.78, 5) is 17.7. The number of anilines is 1. The minimum Gasteiger partial charge on any atom is -0.493 e. The topological polar surface area (TPSA) is 89.8 Å². The van der Waals surface area contributed by atoms with Crippen molar-refractivity contribution in [3.05, 3.63) is 70.5 Å². The minimum atomic E-state index is -0.313. The monoisotopic (exact) mass is 449 g/mol. The Hall–Kier alpha value is -3.81. The van der Waals surface area contributed by atoms with E-state index in [9.17, 15) is 4.79 Å². The zero-order valence-electron chi connectivity index (χ0n) is 20.0. The van der Waals surface area contributed by atoms with E-state index in [-0.39, 0.29) is 5.91 Å². The molecule has 3 aromatic rings. The van der Waals surface area contributed by atoms with E-state index in [2.05, 4.69) is 27.6 Å². The van der Waals surface area contributed by atoms with Crippen LogP contribution in [0.4, 0.5) is 5.69 Å². The molecule has 0 spiro atoms. The normalized spacial score (nSPS) is 11.3. The average molecular weight is 450 g/mol. The van der Waals surface area contributed by atoms with Crippen LogP contribution >= 0.6 is 0 Å². The second-order valence-electron chi connectivity index (χ2n) is 7.64. The zero-order chi connectivity index (χ0) is 24.0. The summed E-state index contributed by atoms with van der Waals surface area (Å²) < 4.78 is 12.5. The summed E-state index contributed by atoms with van der Waals surface area (Å²) in [5, 5.41) is 10.7. The lowest BCUT2D eigenvalue weighted by atomic mass is 10.2. The number of ether oxygens (including phenoxy) is 2. The lowest BCUT2D eigenvalue weighted by Gasteiger charge is -2.13. The first-order valence-corrected chi connectivity index (χ1v) is 10.8. The molecule has 1 aromatic heterocycles. The Morgan fingerprint density at radius 3 is 2.33 bits per heavy atom. The molecular weight excluding hydrogens is 418 g/mol. The Kier molecular flexibility index (Phi) is 7.71. The smallest absolute Gasteiger partial charge is 0.258 e. The van der Waals surface area contributed by atoms with Gasteiger partial charge in [0.2, 0.25) is 5.96 Å². The predicted molar refractivity (Wildman–Crippen MR) is 130 cm³/mol. The third-order valence-electron chi connectivity index (χ3n) is 5.42. The molecule has 1 heterocycles. The Balaban J connectivity index is 1.88. The lowest BCUT2D eigenvalue weighted by Crippen LogP contribution is -2.36. The summed E-state index contributed by atoms with van der Waals surface area (Å²) in [6.45, 7) is 9.26. The Morgan fingerprint density at radius 2 is 1.73 bits per heavy atom. The van der Waals surface area contributed by atoms with Crippen LogP contribution in [-0.2, 0) is 13.1 Å². The van der Waals surface area contributed by atoms with Crippen molar-refractivity contribution >= 4 is 17.6 Å². The van der Waals surface area contributed by atoms with Gasteiger partial charge in [0.05, 0.1) is 26.5 Å². The Bertz CT molecular complexity index is 1150. The molecule has 8 nitrogen and oxygen atoms in total. The molecule has 0 radical (unpaired) electrons. The molecule has 174 valence electrons. The molecule has 2 aromatic carbocycles. The molecule has 0 atom stereocenters. The highest BCUT2D eigenvalue weighted by Gasteiger charge is 2.15. The van der Waals surface area contributed by atoms with Crippen molar-refractivity contribution in [3.63, 3.8) is 0 Å². The van der Waals surface area contributed by atoms with Gasteiger partial charge >= 0.3 is 0 Å². The van der Waals surface area contributed by atoms with Crippen LogP contribution in [0.25, 0.3) is 0 Å². The molecule has 0 bridgehead atoms. The quantitative estimate of drug-likeness (QED) is 0.416. The maximum atomic E-state index is 13.0. The van der Waals surface area contributed by atoms with Crippen molar-refractivity contribution in [3.8, 4) is 11.5 Å². The molecule has 2 N–H and O–H groups in total. The van der Waals surface area contributed by atoms with Crippen molar-refractivity contribution in [1.82, 2.24) is 15.1 Å². The molecule has 8 heteroatoms. The van der Waals surface area contributed by atoms with Crippen molar-refractivity contribution in [2.45, 2.75) is 40.8 Å². The summed E-state index contributed by atoms with van der Waals surface area (Å²) in [7, 11) is 3.09. The van der Waals surface area contributed by atoms with Crippen LogP contribution in [0.15, 0.2) is 47.5 Å². The van der Waals surface area contributed by atoms with Crippen molar-refractivity contribution in [1.29, 1.82) is 0 Å². The molecule has 0 saturated heterocycles. The fourth-order valence-corrected chi connectivity index (χ4v) is 3.47. The van der Waals surface area contributed by atoms with E-state index in [4.69, 9.17) is 9.47 Å². The molecule has 1 amide bonds. The first kappa shape index (κ1) is 23.8. The molecule has 3 rings (SSSR count). The average Bonchev–Trinajstić information content (AvgIpc) is 3.10. The van der Waals surface area contributed by atoms with Gasteiger partial charge in [-0.1, -0.05) is 17.7 Å². The number of hydrogen-bond acceptors (Lipinski definition) is 5. The summed E-state index contributed by atoms with van der Waals surface area (Å²) in [6, 6.07) is 12.9. The van der Waals surface area contributed by atoms with Crippen molar-refractivity contribution in [2.24, 2.45) is 4.99 Å². The van der Waals surface area contributed by atoms with Crippen LogP contribution in [0.3, 0.4) is 0 Å². The Labute approximate surface area is 194 Å². The summed E-state index contributed by atoms with van der Waals surface area (Å²) in [6.07, 6.45) is 0. The Morgan fingerprint density at radius 1 is 1.03 bits per heavy atom. The fourth-order valence-electron chi connectivity index (χ4n) is 3.47. The largest absolute Gasteiger partial charge is 0.493 e. The number of carbonyl (C=O) groups is 1. The van der Waals surface area contributed by atoms with Crippen LogP contribution in [0, 0.1) is 20.8 Å². The second-order valence-corrected chi connectivity index (χ2v) is 7.64. The summed E-state index contributed by atoms with van der Waals surface area (Å²) in [5.74, 6) is 1.07. The van der Waals surface area contributed by atoms with E-state index in [1.165, 1.54) is 7.11 Å². The van der Waals surface area contributed by atoms with E-state index >= 15 is 0 Å². The van der Waals surface area contributed by atoms with Crippen molar-refractivity contribution in [2.75, 3.05) is 19.5 Å². The zero-order valence-corrected chi connectivity index (χ0v) is 20.0. The molecule has 0 fully saturated rings. The first-order valence-electron chi connectivity index (χ1n) is 10.8. The third-order valence-corrected chi connectivity index (χ3v) is 5.42. The fraction of sp³-hybridized carbons (Fsp3) is 0.320. The number of aliphatic imine (C=N–C) groups is 1. The number of benzene rings is 2. The molecular formula is C25H31N5O3. The lowest BCUT2D eigenvalue weighted by molar-refractivity contribution is 0.0976. The van der Waals surface area contributed by atoms with Crippen LogP contribution in [0.2, 0.25) is 0 Å². The number of rotatable bonds is 7. The van der Waals surface area contributed by atoms with Gasteiger partial charge in [0, 0.05) is 29.1 Å². The number of methoxy groups -OCH3 is 2. The van der Waals surface area contributed by atoms with Gasteiger partial charge in [-0.05, 0) is 58.0 Å². The van der Waals surface area contributed by atoms with Gasteiger partial charge in [-0.3, -0.25) is 14.8 Å². The number of hydrogen-bond donors (Lipinski definition) is 2. The molecule has 33 heavy (non-hydrogen) atoms. The van der Waals surface area contributed by atoms with Gasteiger partial charge in [0.25, 0.3) is 5.91 Å². The number of amides is 1. The van der Waals surface area contributed by atoms with Gasteiger partial charge in [-0.15, -0.1) is 0 Å². The molecule has 0 aliphatic carbocycles. The minimum absolute atomic E-state index is 0.313.